The first-order valence-corrected chi connectivity index (χ1v) is 4.80. The molecule has 0 saturated carbocycles. The Hall–Kier alpha value is -1.14. The second-order valence-corrected chi connectivity index (χ2v) is 3.06. The van der Waals surface area contributed by atoms with Crippen LogP contribution in [0.25, 0.3) is 0 Å². The smallest absolute Gasteiger partial charge is 0.0995 e. The molecule has 0 radical (unpaired) electrons. The van der Waals surface area contributed by atoms with Crippen LogP contribution in [0.4, 0.5) is 5.69 Å². The van der Waals surface area contributed by atoms with Gasteiger partial charge in [0.15, 0.2) is 0 Å². The standard InChI is InChI=1S/C9H10N2S/c1-7-3-4-9(11-12-2)5-8(7)6-10/h3-5,11H,1-2H3. The van der Waals surface area contributed by atoms with Gasteiger partial charge in [-0.3, -0.25) is 0 Å². The highest BCUT2D eigenvalue weighted by Gasteiger charge is 1.97. The van der Waals surface area contributed by atoms with Crippen molar-refractivity contribution in [3.8, 4) is 6.07 Å². The Bertz CT molecular complexity index is 315. The minimum Gasteiger partial charge on any atom is -0.330 e. The zero-order valence-corrected chi connectivity index (χ0v) is 7.90. The van der Waals surface area contributed by atoms with Gasteiger partial charge in [0.2, 0.25) is 0 Å². The Morgan fingerprint density at radius 1 is 1.50 bits per heavy atom. The van der Waals surface area contributed by atoms with E-state index >= 15 is 0 Å². The average molecular weight is 178 g/mol. The molecule has 0 saturated heterocycles. The van der Waals surface area contributed by atoms with Crippen molar-refractivity contribution in [3.05, 3.63) is 29.3 Å². The van der Waals surface area contributed by atoms with E-state index in [1.54, 1.807) is 0 Å². The van der Waals surface area contributed by atoms with Gasteiger partial charge < -0.3 is 4.72 Å². The predicted molar refractivity (Wildman–Crippen MR) is 53.0 cm³/mol. The molecule has 0 atom stereocenters. The van der Waals surface area contributed by atoms with Crippen molar-refractivity contribution in [2.45, 2.75) is 6.92 Å². The molecule has 2 nitrogen and oxygen atoms in total. The van der Waals surface area contributed by atoms with Gasteiger partial charge in [0, 0.05) is 11.9 Å². The van der Waals surface area contributed by atoms with E-state index in [2.05, 4.69) is 10.8 Å². The van der Waals surface area contributed by atoms with E-state index in [1.807, 2.05) is 31.4 Å². The molecule has 0 aliphatic rings. The van der Waals surface area contributed by atoms with Crippen molar-refractivity contribution in [3.63, 3.8) is 0 Å². The van der Waals surface area contributed by atoms with Crippen molar-refractivity contribution in [1.29, 1.82) is 5.26 Å². The highest BCUT2D eigenvalue weighted by molar-refractivity contribution is 7.99. The first kappa shape index (κ1) is 8.95. The number of hydrogen-bond acceptors (Lipinski definition) is 3. The van der Waals surface area contributed by atoms with E-state index in [0.717, 1.165) is 16.8 Å². The SMILES string of the molecule is CSNc1ccc(C)c(C#N)c1. The summed E-state index contributed by atoms with van der Waals surface area (Å²) in [5.41, 5.74) is 2.72. The summed E-state index contributed by atoms with van der Waals surface area (Å²) in [6, 6.07) is 7.90. The van der Waals surface area contributed by atoms with Crippen molar-refractivity contribution in [2.75, 3.05) is 11.0 Å². The fourth-order valence-electron chi connectivity index (χ4n) is 0.924. The number of nitriles is 1. The van der Waals surface area contributed by atoms with Crippen LogP contribution in [0.2, 0.25) is 0 Å². The van der Waals surface area contributed by atoms with Gasteiger partial charge in [-0.25, -0.2) is 0 Å². The molecule has 0 heterocycles. The van der Waals surface area contributed by atoms with Crippen LogP contribution in [0.1, 0.15) is 11.1 Å². The van der Waals surface area contributed by atoms with Gasteiger partial charge in [0.1, 0.15) is 0 Å². The summed E-state index contributed by atoms with van der Waals surface area (Å²) >= 11 is 1.52. The molecule has 0 spiro atoms. The third-order valence-corrected chi connectivity index (χ3v) is 2.02. The lowest BCUT2D eigenvalue weighted by Crippen LogP contribution is -1.87. The maximum atomic E-state index is 8.73. The zero-order valence-electron chi connectivity index (χ0n) is 7.09. The summed E-state index contributed by atoms with van der Waals surface area (Å²) in [4.78, 5) is 0. The van der Waals surface area contributed by atoms with Crippen LogP contribution >= 0.6 is 11.9 Å². The maximum absolute atomic E-state index is 8.73. The third kappa shape index (κ3) is 1.93. The summed E-state index contributed by atoms with van der Waals surface area (Å²) in [7, 11) is 0. The highest BCUT2D eigenvalue weighted by Crippen LogP contribution is 2.16. The van der Waals surface area contributed by atoms with Crippen LogP contribution in [0, 0.1) is 18.3 Å². The molecule has 1 aromatic carbocycles. The summed E-state index contributed by atoms with van der Waals surface area (Å²) in [5, 5.41) is 8.73. The lowest BCUT2D eigenvalue weighted by Gasteiger charge is -2.03. The fourth-order valence-corrected chi connectivity index (χ4v) is 1.29. The van der Waals surface area contributed by atoms with Crippen LogP contribution in [-0.4, -0.2) is 6.26 Å². The number of rotatable bonds is 2. The number of benzene rings is 1. The first-order chi connectivity index (χ1) is 5.77. The molecule has 1 rings (SSSR count). The van der Waals surface area contributed by atoms with Gasteiger partial charge in [-0.2, -0.15) is 5.26 Å². The second kappa shape index (κ2) is 4.03. The molecule has 0 fully saturated rings. The maximum Gasteiger partial charge on any atom is 0.0995 e. The van der Waals surface area contributed by atoms with Gasteiger partial charge in [-0.05, 0) is 24.6 Å². The van der Waals surface area contributed by atoms with Crippen molar-refractivity contribution < 1.29 is 0 Å². The lowest BCUT2D eigenvalue weighted by molar-refractivity contribution is 1.40. The number of aryl methyl sites for hydroxylation is 1. The molecule has 0 bridgehead atoms. The predicted octanol–water partition coefficient (Wildman–Crippen LogP) is 2.56. The molecule has 62 valence electrons. The molecule has 0 aliphatic carbocycles. The molecule has 1 N–H and O–H groups in total. The second-order valence-electron chi connectivity index (χ2n) is 2.45. The normalized spacial score (nSPS) is 9.08. The van der Waals surface area contributed by atoms with Crippen molar-refractivity contribution in [2.24, 2.45) is 0 Å². The monoisotopic (exact) mass is 178 g/mol. The van der Waals surface area contributed by atoms with Crippen LogP contribution < -0.4 is 4.72 Å². The number of hydrogen-bond donors (Lipinski definition) is 1. The quantitative estimate of drug-likeness (QED) is 0.707. The van der Waals surface area contributed by atoms with Crippen LogP contribution in [0.5, 0.6) is 0 Å². The summed E-state index contributed by atoms with van der Waals surface area (Å²) in [6.45, 7) is 1.93. The minimum atomic E-state index is 0.731. The van der Waals surface area contributed by atoms with Crippen LogP contribution in [0.15, 0.2) is 18.2 Å². The topological polar surface area (TPSA) is 35.8 Å². The average Bonchev–Trinajstić information content (AvgIpc) is 2.09. The molecule has 0 amide bonds. The van der Waals surface area contributed by atoms with Gasteiger partial charge >= 0.3 is 0 Å². The van der Waals surface area contributed by atoms with E-state index < -0.39 is 0 Å². The molecule has 1 aromatic rings. The largest absolute Gasteiger partial charge is 0.330 e. The molecular formula is C9H10N2S. The number of nitrogens with zero attached hydrogens (tertiary/aromatic N) is 1. The summed E-state index contributed by atoms with van der Waals surface area (Å²) in [5.74, 6) is 0. The minimum absolute atomic E-state index is 0.731. The molecule has 0 aromatic heterocycles. The fraction of sp³-hybridized carbons (Fsp3) is 0.222. The Kier molecular flexibility index (Phi) is 3.01. The summed E-state index contributed by atoms with van der Waals surface area (Å²) < 4.78 is 3.08. The number of anilines is 1. The van der Waals surface area contributed by atoms with E-state index in [0.29, 0.717) is 0 Å². The molecule has 0 unspecified atom stereocenters. The Morgan fingerprint density at radius 3 is 2.83 bits per heavy atom. The highest BCUT2D eigenvalue weighted by atomic mass is 32.2. The third-order valence-electron chi connectivity index (χ3n) is 1.58. The Labute approximate surface area is 76.7 Å². The van der Waals surface area contributed by atoms with Gasteiger partial charge in [-0.15, -0.1) is 0 Å². The van der Waals surface area contributed by atoms with Gasteiger partial charge in [0.05, 0.1) is 11.6 Å². The van der Waals surface area contributed by atoms with Crippen LogP contribution in [-0.2, 0) is 0 Å². The lowest BCUT2D eigenvalue weighted by atomic mass is 10.1. The van der Waals surface area contributed by atoms with Crippen LogP contribution in [0.3, 0.4) is 0 Å². The molecule has 3 heteroatoms. The van der Waals surface area contributed by atoms with Gasteiger partial charge in [-0.1, -0.05) is 18.0 Å². The number of nitrogens with one attached hydrogen (secondary N) is 1. The molecular weight excluding hydrogens is 168 g/mol. The van der Waals surface area contributed by atoms with Gasteiger partial charge in [0.25, 0.3) is 0 Å². The van der Waals surface area contributed by atoms with E-state index in [4.69, 9.17) is 5.26 Å². The molecule has 12 heavy (non-hydrogen) atoms. The van der Waals surface area contributed by atoms with E-state index in [-0.39, 0.29) is 0 Å². The molecule has 0 aliphatic heterocycles. The van der Waals surface area contributed by atoms with E-state index in [9.17, 15) is 0 Å². The van der Waals surface area contributed by atoms with Crippen molar-refractivity contribution >= 4 is 17.6 Å². The van der Waals surface area contributed by atoms with Crippen molar-refractivity contribution in [1.82, 2.24) is 0 Å². The first-order valence-electron chi connectivity index (χ1n) is 3.57. The Morgan fingerprint density at radius 2 is 2.25 bits per heavy atom. The summed E-state index contributed by atoms with van der Waals surface area (Å²) in [6.07, 6.45) is 1.95. The Balaban J connectivity index is 2.99. The van der Waals surface area contributed by atoms with E-state index in [1.165, 1.54) is 11.9 Å². The zero-order chi connectivity index (χ0) is 8.97.